The normalized spacial score (nSPS) is 11.9. The van der Waals surface area contributed by atoms with Crippen LogP contribution in [0.3, 0.4) is 0 Å². The number of rotatable bonds is 3. The van der Waals surface area contributed by atoms with Crippen molar-refractivity contribution in [2.75, 3.05) is 7.11 Å². The number of amides is 1. The first-order valence-corrected chi connectivity index (χ1v) is 3.75. The van der Waals surface area contributed by atoms with Gasteiger partial charge in [0.15, 0.2) is 0 Å². The van der Waals surface area contributed by atoms with Gasteiger partial charge in [-0.15, -0.1) is 0 Å². The summed E-state index contributed by atoms with van der Waals surface area (Å²) in [5, 5.41) is 9.76. The largest absolute Gasteiger partial charge is 0.372 e. The SMILES string of the molecule is CCC(OC)C(=O)NC(=S)OO. The van der Waals surface area contributed by atoms with Gasteiger partial charge in [0.05, 0.1) is 0 Å². The van der Waals surface area contributed by atoms with Crippen molar-refractivity contribution in [3.8, 4) is 0 Å². The molecule has 0 rings (SSSR count). The Hall–Kier alpha value is -0.720. The molecule has 0 heterocycles. The molecule has 0 aliphatic rings. The van der Waals surface area contributed by atoms with Crippen LogP contribution in [0.4, 0.5) is 0 Å². The number of hydrogen-bond acceptors (Lipinski definition) is 5. The maximum atomic E-state index is 11.1. The summed E-state index contributed by atoms with van der Waals surface area (Å²) in [7, 11) is 1.41. The van der Waals surface area contributed by atoms with Crippen molar-refractivity contribution in [3.63, 3.8) is 0 Å². The fourth-order valence-electron chi connectivity index (χ4n) is 0.663. The molecule has 6 heteroatoms. The minimum atomic E-state index is -0.571. The Labute approximate surface area is 75.6 Å². The summed E-state index contributed by atoms with van der Waals surface area (Å²) in [5.74, 6) is -0.431. The Balaban J connectivity index is 3.92. The van der Waals surface area contributed by atoms with Gasteiger partial charge in [-0.05, 0) is 18.6 Å². The summed E-state index contributed by atoms with van der Waals surface area (Å²) in [4.78, 5) is 14.7. The van der Waals surface area contributed by atoms with Crippen LogP contribution in [0.15, 0.2) is 0 Å². The quantitative estimate of drug-likeness (QED) is 0.383. The van der Waals surface area contributed by atoms with Crippen LogP contribution >= 0.6 is 12.2 Å². The lowest BCUT2D eigenvalue weighted by Crippen LogP contribution is -2.39. The van der Waals surface area contributed by atoms with E-state index in [4.69, 9.17) is 9.99 Å². The molecular formula is C6H11NO4S. The molecule has 0 aliphatic carbocycles. The summed E-state index contributed by atoms with van der Waals surface area (Å²) in [6.07, 6.45) is -0.0470. The summed E-state index contributed by atoms with van der Waals surface area (Å²) in [6, 6.07) is 0. The van der Waals surface area contributed by atoms with E-state index in [1.807, 2.05) is 0 Å². The van der Waals surface area contributed by atoms with Crippen LogP contribution in [-0.2, 0) is 14.4 Å². The molecule has 12 heavy (non-hydrogen) atoms. The van der Waals surface area contributed by atoms with Gasteiger partial charge in [0, 0.05) is 7.11 Å². The van der Waals surface area contributed by atoms with Gasteiger partial charge in [-0.2, -0.15) is 0 Å². The van der Waals surface area contributed by atoms with Crippen molar-refractivity contribution >= 4 is 23.3 Å². The molecule has 5 nitrogen and oxygen atoms in total. The van der Waals surface area contributed by atoms with E-state index in [0.29, 0.717) is 6.42 Å². The van der Waals surface area contributed by atoms with E-state index in [0.717, 1.165) is 0 Å². The smallest absolute Gasteiger partial charge is 0.303 e. The second-order valence-electron chi connectivity index (χ2n) is 2.00. The number of carbonyl (C=O) groups is 1. The number of thiocarbonyl (C=S) groups is 1. The first-order chi connectivity index (χ1) is 5.65. The van der Waals surface area contributed by atoms with Crippen molar-refractivity contribution in [2.24, 2.45) is 0 Å². The molecule has 0 aromatic rings. The Morgan fingerprint density at radius 1 is 1.75 bits per heavy atom. The van der Waals surface area contributed by atoms with Crippen LogP contribution in [0.2, 0.25) is 0 Å². The van der Waals surface area contributed by atoms with E-state index in [2.05, 4.69) is 22.4 Å². The molecule has 0 bridgehead atoms. The van der Waals surface area contributed by atoms with Gasteiger partial charge in [-0.1, -0.05) is 6.92 Å². The first kappa shape index (κ1) is 11.3. The third kappa shape index (κ3) is 3.61. The molecule has 0 saturated heterocycles. The second kappa shape index (κ2) is 5.87. The third-order valence-electron chi connectivity index (χ3n) is 1.26. The summed E-state index contributed by atoms with van der Waals surface area (Å²) < 4.78 is 4.80. The van der Waals surface area contributed by atoms with E-state index in [9.17, 15) is 4.79 Å². The molecule has 2 N–H and O–H groups in total. The first-order valence-electron chi connectivity index (χ1n) is 3.34. The monoisotopic (exact) mass is 193 g/mol. The van der Waals surface area contributed by atoms with Gasteiger partial charge in [-0.3, -0.25) is 10.1 Å². The van der Waals surface area contributed by atoms with Crippen molar-refractivity contribution in [2.45, 2.75) is 19.4 Å². The maximum absolute atomic E-state index is 11.1. The van der Waals surface area contributed by atoms with E-state index < -0.39 is 12.0 Å². The lowest BCUT2D eigenvalue weighted by molar-refractivity contribution is -0.158. The minimum absolute atomic E-state index is 0.379. The molecule has 1 unspecified atom stereocenters. The van der Waals surface area contributed by atoms with Crippen molar-refractivity contribution < 1.29 is 19.7 Å². The topological polar surface area (TPSA) is 67.8 Å². The summed E-state index contributed by atoms with van der Waals surface area (Å²) >= 11 is 4.39. The highest BCUT2D eigenvalue weighted by Crippen LogP contribution is 1.95. The molecule has 1 amide bonds. The van der Waals surface area contributed by atoms with Gasteiger partial charge >= 0.3 is 5.17 Å². The van der Waals surface area contributed by atoms with Crippen molar-refractivity contribution in [3.05, 3.63) is 0 Å². The number of carbonyl (C=O) groups excluding carboxylic acids is 1. The molecular weight excluding hydrogens is 182 g/mol. The second-order valence-corrected chi connectivity index (χ2v) is 2.37. The molecule has 0 aliphatic heterocycles. The van der Waals surface area contributed by atoms with Crippen LogP contribution in [0.25, 0.3) is 0 Å². The predicted octanol–water partition coefficient (Wildman–Crippen LogP) is 0.302. The average Bonchev–Trinajstić information content (AvgIpc) is 2.06. The number of hydrogen-bond donors (Lipinski definition) is 2. The predicted molar refractivity (Wildman–Crippen MR) is 45.5 cm³/mol. The van der Waals surface area contributed by atoms with Crippen LogP contribution in [-0.4, -0.2) is 29.6 Å². The van der Waals surface area contributed by atoms with E-state index in [1.165, 1.54) is 7.11 Å². The van der Waals surface area contributed by atoms with Crippen LogP contribution in [0.5, 0.6) is 0 Å². The standard InChI is InChI=1S/C6H11NO4S/c1-3-4(10-2)5(8)7-6(12)11-9/h4,9H,3H2,1-2H3,(H,7,8,12). The zero-order valence-corrected chi connectivity index (χ0v) is 7.68. The molecule has 70 valence electrons. The van der Waals surface area contributed by atoms with Crippen LogP contribution in [0, 0.1) is 0 Å². The highest BCUT2D eigenvalue weighted by Gasteiger charge is 2.16. The van der Waals surface area contributed by atoms with E-state index in [-0.39, 0.29) is 5.17 Å². The molecule has 0 fully saturated rings. The third-order valence-corrected chi connectivity index (χ3v) is 1.43. The lowest BCUT2D eigenvalue weighted by atomic mass is 10.2. The molecule has 0 aromatic carbocycles. The van der Waals surface area contributed by atoms with Gasteiger partial charge in [-0.25, -0.2) is 5.26 Å². The molecule has 0 spiro atoms. The molecule has 1 atom stereocenters. The van der Waals surface area contributed by atoms with Gasteiger partial charge in [0.2, 0.25) is 0 Å². The van der Waals surface area contributed by atoms with E-state index >= 15 is 0 Å². The van der Waals surface area contributed by atoms with Crippen molar-refractivity contribution in [1.29, 1.82) is 0 Å². The van der Waals surface area contributed by atoms with Crippen LogP contribution in [0.1, 0.15) is 13.3 Å². The van der Waals surface area contributed by atoms with Gasteiger partial charge in [0.1, 0.15) is 6.10 Å². The lowest BCUT2D eigenvalue weighted by Gasteiger charge is -2.11. The molecule has 0 saturated carbocycles. The van der Waals surface area contributed by atoms with Gasteiger partial charge < -0.3 is 9.62 Å². The Morgan fingerprint density at radius 3 is 2.67 bits per heavy atom. The van der Waals surface area contributed by atoms with Crippen LogP contribution < -0.4 is 5.32 Å². The molecule has 0 aromatic heterocycles. The number of nitrogens with one attached hydrogen (secondary N) is 1. The summed E-state index contributed by atoms with van der Waals surface area (Å²) in [6.45, 7) is 1.79. The number of ether oxygens (including phenoxy) is 1. The Morgan fingerprint density at radius 2 is 2.33 bits per heavy atom. The van der Waals surface area contributed by atoms with Crippen molar-refractivity contribution in [1.82, 2.24) is 5.32 Å². The fourth-order valence-corrected chi connectivity index (χ4v) is 0.764. The zero-order chi connectivity index (χ0) is 9.56. The number of methoxy groups -OCH3 is 1. The molecule has 0 radical (unpaired) electrons. The summed E-state index contributed by atoms with van der Waals surface area (Å²) in [5.41, 5.74) is 0. The minimum Gasteiger partial charge on any atom is -0.372 e. The fraction of sp³-hybridized carbons (Fsp3) is 0.667. The van der Waals surface area contributed by atoms with E-state index in [1.54, 1.807) is 6.92 Å². The highest BCUT2D eigenvalue weighted by atomic mass is 32.1. The average molecular weight is 193 g/mol. The zero-order valence-electron chi connectivity index (χ0n) is 6.86. The highest BCUT2D eigenvalue weighted by molar-refractivity contribution is 7.80. The Bertz CT molecular complexity index is 169. The maximum Gasteiger partial charge on any atom is 0.303 e. The van der Waals surface area contributed by atoms with Gasteiger partial charge in [0.25, 0.3) is 5.91 Å². The Kier molecular flexibility index (Phi) is 5.52.